The maximum Gasteiger partial charge on any atom is 0.0554 e. The second-order valence-corrected chi connectivity index (χ2v) is 5.34. The molecule has 3 unspecified atom stereocenters. The summed E-state index contributed by atoms with van der Waals surface area (Å²) in [5.41, 5.74) is 7.66. The van der Waals surface area contributed by atoms with E-state index in [-0.39, 0.29) is 6.04 Å². The van der Waals surface area contributed by atoms with Crippen LogP contribution in [0.4, 0.5) is 0 Å². The van der Waals surface area contributed by atoms with E-state index in [1.165, 1.54) is 25.0 Å². The van der Waals surface area contributed by atoms with E-state index in [0.29, 0.717) is 0 Å². The largest absolute Gasteiger partial charge is 0.322 e. The first-order chi connectivity index (χ1) is 7.83. The van der Waals surface area contributed by atoms with Gasteiger partial charge in [-0.3, -0.25) is 4.68 Å². The van der Waals surface area contributed by atoms with E-state index < -0.39 is 0 Å². The van der Waals surface area contributed by atoms with Crippen molar-refractivity contribution >= 4 is 0 Å². The van der Waals surface area contributed by atoms with Crippen LogP contribution in [0.2, 0.25) is 0 Å². The van der Waals surface area contributed by atoms with Gasteiger partial charge in [0.15, 0.2) is 0 Å². The second kappa shape index (κ2) is 3.88. The number of nitrogens with two attached hydrogens (primary N) is 1. The van der Waals surface area contributed by atoms with Crippen molar-refractivity contribution in [1.29, 1.82) is 0 Å². The molecule has 2 fully saturated rings. The van der Waals surface area contributed by atoms with Crippen LogP contribution in [0.5, 0.6) is 0 Å². The summed E-state index contributed by atoms with van der Waals surface area (Å²) in [6.45, 7) is 3.18. The molecule has 1 heterocycles. The number of rotatable bonds is 4. The zero-order valence-corrected chi connectivity index (χ0v) is 9.97. The Morgan fingerprint density at radius 1 is 1.50 bits per heavy atom. The maximum atomic E-state index is 6.41. The van der Waals surface area contributed by atoms with Crippen LogP contribution in [0.15, 0.2) is 12.3 Å². The van der Waals surface area contributed by atoms with Gasteiger partial charge < -0.3 is 5.73 Å². The number of hydrogen-bond acceptors (Lipinski definition) is 2. The highest BCUT2D eigenvalue weighted by Gasteiger charge is 2.55. The lowest BCUT2D eigenvalue weighted by Gasteiger charge is -2.15. The minimum Gasteiger partial charge on any atom is -0.322 e. The minimum atomic E-state index is 0.226. The topological polar surface area (TPSA) is 43.8 Å². The molecule has 16 heavy (non-hydrogen) atoms. The monoisotopic (exact) mass is 219 g/mol. The molecule has 3 nitrogen and oxygen atoms in total. The van der Waals surface area contributed by atoms with Crippen LogP contribution in [0.3, 0.4) is 0 Å². The third kappa shape index (κ3) is 1.49. The molecule has 0 aliphatic heterocycles. The molecule has 3 rings (SSSR count). The molecule has 3 heteroatoms. The molecular weight excluding hydrogens is 198 g/mol. The van der Waals surface area contributed by atoms with Crippen LogP contribution < -0.4 is 5.73 Å². The standard InChI is InChI=1S/C13H21N3/c1-2-8-16-11(6-7-15-16)13(14)12-9-4-3-5-10(9)12/h6-7,9-10,12-13H,2-5,8,14H2,1H3. The summed E-state index contributed by atoms with van der Waals surface area (Å²) in [5.74, 6) is 2.61. The molecular formula is C13H21N3. The average molecular weight is 219 g/mol. The fourth-order valence-corrected chi connectivity index (χ4v) is 3.63. The number of aryl methyl sites for hydroxylation is 1. The zero-order chi connectivity index (χ0) is 11.1. The van der Waals surface area contributed by atoms with Gasteiger partial charge in [-0.15, -0.1) is 0 Å². The SMILES string of the molecule is CCCn1nccc1C(N)C1C2CCCC21. The third-order valence-electron chi connectivity index (χ3n) is 4.41. The first-order valence-electron chi connectivity index (χ1n) is 6.60. The van der Waals surface area contributed by atoms with Crippen molar-refractivity contribution in [1.82, 2.24) is 9.78 Å². The Morgan fingerprint density at radius 2 is 2.25 bits per heavy atom. The number of hydrogen-bond donors (Lipinski definition) is 1. The van der Waals surface area contributed by atoms with E-state index in [4.69, 9.17) is 5.73 Å². The molecule has 2 saturated carbocycles. The van der Waals surface area contributed by atoms with Crippen LogP contribution in [0.25, 0.3) is 0 Å². The first-order valence-corrected chi connectivity index (χ1v) is 6.60. The van der Waals surface area contributed by atoms with Gasteiger partial charge in [0, 0.05) is 12.7 Å². The van der Waals surface area contributed by atoms with Gasteiger partial charge in [-0.1, -0.05) is 13.3 Å². The highest BCUT2D eigenvalue weighted by atomic mass is 15.3. The molecule has 0 amide bonds. The molecule has 0 aromatic carbocycles. The molecule has 1 aromatic heterocycles. The van der Waals surface area contributed by atoms with Crippen molar-refractivity contribution in [3.05, 3.63) is 18.0 Å². The zero-order valence-electron chi connectivity index (χ0n) is 9.97. The van der Waals surface area contributed by atoms with Crippen molar-refractivity contribution in [2.24, 2.45) is 23.5 Å². The predicted molar refractivity (Wildman–Crippen MR) is 63.8 cm³/mol. The smallest absolute Gasteiger partial charge is 0.0554 e. The van der Waals surface area contributed by atoms with Gasteiger partial charge in [-0.2, -0.15) is 5.10 Å². The van der Waals surface area contributed by atoms with Crippen LogP contribution in [0, 0.1) is 17.8 Å². The minimum absolute atomic E-state index is 0.226. The molecule has 2 N–H and O–H groups in total. The fourth-order valence-electron chi connectivity index (χ4n) is 3.63. The van der Waals surface area contributed by atoms with E-state index in [2.05, 4.69) is 22.8 Å². The number of aromatic nitrogens is 2. The highest BCUT2D eigenvalue weighted by Crippen LogP contribution is 2.61. The average Bonchev–Trinajstić information content (AvgIpc) is 2.73. The predicted octanol–water partition coefficient (Wildman–Crippen LogP) is 2.34. The molecule has 3 atom stereocenters. The third-order valence-corrected chi connectivity index (χ3v) is 4.41. The maximum absolute atomic E-state index is 6.41. The quantitative estimate of drug-likeness (QED) is 0.844. The summed E-state index contributed by atoms with van der Waals surface area (Å²) in [6.07, 6.45) is 7.25. The molecule has 0 saturated heterocycles. The molecule has 88 valence electrons. The van der Waals surface area contributed by atoms with Crippen molar-refractivity contribution < 1.29 is 0 Å². The summed E-state index contributed by atoms with van der Waals surface area (Å²) >= 11 is 0. The molecule has 0 radical (unpaired) electrons. The summed E-state index contributed by atoms with van der Waals surface area (Å²) < 4.78 is 2.10. The van der Waals surface area contributed by atoms with E-state index in [1.807, 2.05) is 6.20 Å². The number of fused-ring (bicyclic) bond motifs is 1. The van der Waals surface area contributed by atoms with Crippen molar-refractivity contribution in [2.45, 2.75) is 45.2 Å². The van der Waals surface area contributed by atoms with Gasteiger partial charge in [-0.05, 0) is 43.1 Å². The Hall–Kier alpha value is -0.830. The fraction of sp³-hybridized carbons (Fsp3) is 0.769. The van der Waals surface area contributed by atoms with Crippen LogP contribution >= 0.6 is 0 Å². The Kier molecular flexibility index (Phi) is 2.51. The highest BCUT2D eigenvalue weighted by molar-refractivity contribution is 5.16. The normalized spacial score (nSPS) is 33.8. The van der Waals surface area contributed by atoms with Gasteiger partial charge >= 0.3 is 0 Å². The summed E-state index contributed by atoms with van der Waals surface area (Å²) in [6, 6.07) is 2.33. The van der Waals surface area contributed by atoms with Gasteiger partial charge in [0.2, 0.25) is 0 Å². The van der Waals surface area contributed by atoms with Gasteiger partial charge in [0.05, 0.1) is 11.7 Å². The van der Waals surface area contributed by atoms with Gasteiger partial charge in [0.1, 0.15) is 0 Å². The Balaban J connectivity index is 1.74. The second-order valence-electron chi connectivity index (χ2n) is 5.34. The van der Waals surface area contributed by atoms with Crippen LogP contribution in [0.1, 0.15) is 44.3 Å². The molecule has 0 bridgehead atoms. The first kappa shape index (κ1) is 10.3. The van der Waals surface area contributed by atoms with E-state index in [9.17, 15) is 0 Å². The summed E-state index contributed by atoms with van der Waals surface area (Å²) in [4.78, 5) is 0. The Bertz CT molecular complexity index is 361. The van der Waals surface area contributed by atoms with Crippen LogP contribution in [-0.4, -0.2) is 9.78 Å². The van der Waals surface area contributed by atoms with Crippen molar-refractivity contribution in [3.8, 4) is 0 Å². The lowest BCUT2D eigenvalue weighted by molar-refractivity contribution is 0.457. The van der Waals surface area contributed by atoms with Gasteiger partial charge in [0.25, 0.3) is 0 Å². The van der Waals surface area contributed by atoms with Crippen LogP contribution in [-0.2, 0) is 6.54 Å². The van der Waals surface area contributed by atoms with Crippen molar-refractivity contribution in [2.75, 3.05) is 0 Å². The lowest BCUT2D eigenvalue weighted by Crippen LogP contribution is -2.20. The summed E-state index contributed by atoms with van der Waals surface area (Å²) in [5, 5.41) is 4.37. The Morgan fingerprint density at radius 3 is 2.94 bits per heavy atom. The molecule has 0 spiro atoms. The number of nitrogens with zero attached hydrogens (tertiary/aromatic N) is 2. The molecule has 1 aromatic rings. The van der Waals surface area contributed by atoms with E-state index in [1.54, 1.807) is 0 Å². The molecule has 2 aliphatic rings. The van der Waals surface area contributed by atoms with Crippen molar-refractivity contribution in [3.63, 3.8) is 0 Å². The van der Waals surface area contributed by atoms with E-state index in [0.717, 1.165) is 30.7 Å². The lowest BCUT2D eigenvalue weighted by atomic mass is 10.0. The molecule has 2 aliphatic carbocycles. The van der Waals surface area contributed by atoms with Gasteiger partial charge in [-0.25, -0.2) is 0 Å². The van der Waals surface area contributed by atoms with E-state index >= 15 is 0 Å². The summed E-state index contributed by atoms with van der Waals surface area (Å²) in [7, 11) is 0. The Labute approximate surface area is 97.0 Å².